The highest BCUT2D eigenvalue weighted by Gasteiger charge is 2.28. The van der Waals surface area contributed by atoms with Crippen LogP contribution < -0.4 is 14.9 Å². The molecule has 1 amide bonds. The lowest BCUT2D eigenvalue weighted by Crippen LogP contribution is -2.54. The van der Waals surface area contributed by atoms with Crippen molar-refractivity contribution in [3.05, 3.63) is 29.3 Å². The summed E-state index contributed by atoms with van der Waals surface area (Å²) in [6.45, 7) is 9.81. The third-order valence-electron chi connectivity index (χ3n) is 4.80. The smallest absolute Gasteiger partial charge is 0.250 e. The van der Waals surface area contributed by atoms with Gasteiger partial charge in [0.2, 0.25) is 5.91 Å². The zero-order valence-corrected chi connectivity index (χ0v) is 21.1. The molecule has 0 aliphatic heterocycles. The summed E-state index contributed by atoms with van der Waals surface area (Å²) in [4.78, 5) is 15.3. The van der Waals surface area contributed by atoms with Crippen LogP contribution in [-0.2, 0) is 22.5 Å². The molecule has 0 saturated heterocycles. The van der Waals surface area contributed by atoms with Crippen LogP contribution in [0.2, 0.25) is 0 Å². The Bertz CT molecular complexity index is 766. The van der Waals surface area contributed by atoms with Gasteiger partial charge in [0, 0.05) is 11.6 Å². The number of ether oxygens (including phenoxy) is 1. The Labute approximate surface area is 194 Å². The number of carbonyl (C=O) groups is 1. The van der Waals surface area contributed by atoms with Crippen molar-refractivity contribution < 1.29 is 18.3 Å². The van der Waals surface area contributed by atoms with Crippen LogP contribution in [0.5, 0.6) is 5.75 Å². The van der Waals surface area contributed by atoms with Crippen LogP contribution in [-0.4, -0.2) is 43.4 Å². The van der Waals surface area contributed by atoms with E-state index in [1.165, 1.54) is 31.4 Å². The highest BCUT2D eigenvalue weighted by atomic mass is 32.2. The van der Waals surface area contributed by atoms with Gasteiger partial charge in [-0.3, -0.25) is 14.4 Å². The van der Waals surface area contributed by atoms with Gasteiger partial charge >= 0.3 is 0 Å². The molecule has 176 valence electrons. The summed E-state index contributed by atoms with van der Waals surface area (Å²) in [7, 11) is 1.53. The monoisotopic (exact) mass is 471 g/mol. The van der Waals surface area contributed by atoms with E-state index in [0.717, 1.165) is 18.4 Å². The number of rotatable bonds is 12. The van der Waals surface area contributed by atoms with E-state index in [0.29, 0.717) is 16.3 Å². The van der Waals surface area contributed by atoms with Crippen molar-refractivity contribution in [3.8, 4) is 5.75 Å². The summed E-state index contributed by atoms with van der Waals surface area (Å²) in [5, 5.41) is 4.51. The first-order valence-electron chi connectivity index (χ1n) is 10.7. The van der Waals surface area contributed by atoms with E-state index in [1.807, 2.05) is 33.8 Å². The molecule has 0 aromatic heterocycles. The van der Waals surface area contributed by atoms with Crippen LogP contribution >= 0.6 is 12.2 Å². The summed E-state index contributed by atoms with van der Waals surface area (Å²) >= 11 is 3.32. The van der Waals surface area contributed by atoms with Gasteiger partial charge in [0.15, 0.2) is 0 Å². The number of unbranched alkanes of at least 4 members (excludes halogenated alkanes) is 3. The maximum absolute atomic E-state index is 12.5. The van der Waals surface area contributed by atoms with E-state index in [2.05, 4.69) is 17.1 Å². The topological polar surface area (TPSA) is 90.9 Å². The van der Waals surface area contributed by atoms with Gasteiger partial charge in [-0.1, -0.05) is 50.9 Å². The molecule has 0 heterocycles. The summed E-state index contributed by atoms with van der Waals surface area (Å²) < 4.78 is 26.2. The van der Waals surface area contributed by atoms with E-state index >= 15 is 0 Å². The molecule has 1 rings (SSSR count). The number of carbonyl (C=O) groups excluding carboxylic acids is 1. The van der Waals surface area contributed by atoms with Crippen LogP contribution in [0, 0.1) is 0 Å². The average molecular weight is 472 g/mol. The molecule has 0 spiro atoms. The Morgan fingerprint density at radius 3 is 2.52 bits per heavy atom. The molecule has 9 heteroatoms. The fourth-order valence-corrected chi connectivity index (χ4v) is 4.23. The molecule has 2 unspecified atom stereocenters. The molecule has 2 atom stereocenters. The first kappa shape index (κ1) is 27.5. The third kappa shape index (κ3) is 9.64. The zero-order chi connectivity index (χ0) is 23.6. The Hall–Kier alpha value is -1.55. The number of amides is 1. The van der Waals surface area contributed by atoms with Crippen molar-refractivity contribution in [2.75, 3.05) is 7.11 Å². The van der Waals surface area contributed by atoms with Crippen LogP contribution in [0.25, 0.3) is 0 Å². The number of thiocarbonyl (C=S) groups is 1. The molecule has 0 saturated carbocycles. The summed E-state index contributed by atoms with van der Waals surface area (Å²) in [6, 6.07) is 5.51. The minimum atomic E-state index is -2.29. The van der Waals surface area contributed by atoms with Crippen LogP contribution in [0.15, 0.2) is 18.2 Å². The Balaban J connectivity index is 2.94. The van der Waals surface area contributed by atoms with Crippen molar-refractivity contribution in [1.82, 2.24) is 15.2 Å². The van der Waals surface area contributed by atoms with Crippen molar-refractivity contribution in [1.29, 1.82) is 0 Å². The molecule has 3 N–H and O–H groups in total. The normalized spacial score (nSPS) is 13.4. The number of nitrogens with zero attached hydrogens (tertiary/aromatic N) is 1. The minimum absolute atomic E-state index is 0.0488. The number of nitrogens with one attached hydrogen (secondary N) is 2. The molecule has 7 nitrogen and oxygen atoms in total. The Morgan fingerprint density at radius 2 is 1.97 bits per heavy atom. The van der Waals surface area contributed by atoms with Gasteiger partial charge in [-0.2, -0.15) is 0 Å². The second-order valence-electron chi connectivity index (χ2n) is 8.68. The zero-order valence-electron chi connectivity index (χ0n) is 19.5. The second kappa shape index (κ2) is 13.1. The van der Waals surface area contributed by atoms with Gasteiger partial charge < -0.3 is 10.1 Å². The number of hydrogen-bond acceptors (Lipinski definition) is 4. The van der Waals surface area contributed by atoms with Gasteiger partial charge in [0.05, 0.1) is 19.1 Å². The van der Waals surface area contributed by atoms with Gasteiger partial charge in [-0.25, -0.2) is 4.21 Å². The van der Waals surface area contributed by atoms with Gasteiger partial charge in [-0.05, 0) is 51.8 Å². The average Bonchev–Trinajstić information content (AvgIpc) is 2.67. The minimum Gasteiger partial charge on any atom is -0.496 e. The lowest BCUT2D eigenvalue weighted by atomic mass is 10.0. The van der Waals surface area contributed by atoms with E-state index in [4.69, 9.17) is 17.0 Å². The predicted octanol–water partition coefficient (Wildman–Crippen LogP) is 4.13. The molecular weight excluding hydrogens is 434 g/mol. The van der Waals surface area contributed by atoms with Crippen molar-refractivity contribution in [3.63, 3.8) is 0 Å². The molecule has 0 bridgehead atoms. The van der Waals surface area contributed by atoms with E-state index in [9.17, 15) is 13.6 Å². The number of hydrogen-bond donors (Lipinski definition) is 3. The molecule has 1 aromatic carbocycles. The number of benzene rings is 1. The van der Waals surface area contributed by atoms with Gasteiger partial charge in [0.25, 0.3) is 11.3 Å². The number of hydrazine groups is 1. The Kier molecular flexibility index (Phi) is 11.6. The Morgan fingerprint density at radius 1 is 1.29 bits per heavy atom. The first-order valence-corrected chi connectivity index (χ1v) is 12.2. The molecule has 31 heavy (non-hydrogen) atoms. The SMILES string of the molecule is CCCCCCC(C)NC(=O)Cc1ccc(OC)c(C(=S)N(NS(=O)O)C(C)(C)C)c1. The van der Waals surface area contributed by atoms with Gasteiger partial charge in [0.1, 0.15) is 10.7 Å². The molecule has 0 radical (unpaired) electrons. The van der Waals surface area contributed by atoms with Crippen LogP contribution in [0.3, 0.4) is 0 Å². The molecule has 0 fully saturated rings. The summed E-state index contributed by atoms with van der Waals surface area (Å²) in [5.74, 6) is 0.477. The van der Waals surface area contributed by atoms with Gasteiger partial charge in [-0.15, -0.1) is 4.83 Å². The van der Waals surface area contributed by atoms with E-state index in [1.54, 1.807) is 12.1 Å². The maximum Gasteiger partial charge on any atom is 0.250 e. The van der Waals surface area contributed by atoms with Crippen LogP contribution in [0.4, 0.5) is 0 Å². The second-order valence-corrected chi connectivity index (χ2v) is 9.75. The van der Waals surface area contributed by atoms with Crippen molar-refractivity contribution in [2.24, 2.45) is 0 Å². The van der Waals surface area contributed by atoms with E-state index in [-0.39, 0.29) is 18.4 Å². The molecule has 0 aliphatic rings. The quantitative estimate of drug-likeness (QED) is 0.184. The standard InChI is InChI=1S/C22H37N3O4S2/c1-7-8-9-10-11-16(2)23-20(26)15-17-12-13-19(29-6)18(14-17)21(30)25(22(3,4)5)24-31(27)28/h12-14,16,24H,7-11,15H2,1-6H3,(H,23,26)(H,27,28). The molecule has 1 aromatic rings. The van der Waals surface area contributed by atoms with Crippen molar-refractivity contribution in [2.45, 2.75) is 84.7 Å². The molecular formula is C22H37N3O4S2. The lowest BCUT2D eigenvalue weighted by molar-refractivity contribution is -0.121. The lowest BCUT2D eigenvalue weighted by Gasteiger charge is -2.36. The highest BCUT2D eigenvalue weighted by molar-refractivity contribution is 7.81. The maximum atomic E-state index is 12.5. The number of methoxy groups -OCH3 is 1. The summed E-state index contributed by atoms with van der Waals surface area (Å²) in [5.41, 5.74) is 0.789. The fourth-order valence-electron chi connectivity index (χ4n) is 3.17. The summed E-state index contributed by atoms with van der Waals surface area (Å²) in [6.07, 6.45) is 5.89. The predicted molar refractivity (Wildman–Crippen MR) is 130 cm³/mol. The van der Waals surface area contributed by atoms with E-state index < -0.39 is 16.8 Å². The van der Waals surface area contributed by atoms with Crippen LogP contribution in [0.1, 0.15) is 77.8 Å². The highest BCUT2D eigenvalue weighted by Crippen LogP contribution is 2.25. The fraction of sp³-hybridized carbons (Fsp3) is 0.636. The first-order chi connectivity index (χ1) is 14.5. The largest absolute Gasteiger partial charge is 0.496 e. The van der Waals surface area contributed by atoms with Crippen molar-refractivity contribution >= 4 is 34.4 Å². The third-order valence-corrected chi connectivity index (χ3v) is 5.54. The molecule has 0 aliphatic carbocycles.